The van der Waals surface area contributed by atoms with E-state index >= 15 is 0 Å². The first-order chi connectivity index (χ1) is 10.2. The number of imidazole rings is 1. The van der Waals surface area contributed by atoms with Crippen LogP contribution in [0.25, 0.3) is 11.0 Å². The Balaban J connectivity index is 1.99. The molecule has 0 amide bonds. The van der Waals surface area contributed by atoms with Crippen molar-refractivity contribution >= 4 is 23.3 Å². The molecule has 1 aromatic heterocycles. The molecule has 0 saturated heterocycles. The van der Waals surface area contributed by atoms with E-state index < -0.39 is 0 Å². The van der Waals surface area contributed by atoms with Crippen LogP contribution >= 0.6 is 12.2 Å². The predicted octanol–water partition coefficient (Wildman–Crippen LogP) is 4.32. The normalized spacial score (nSPS) is 11.0. The lowest BCUT2D eigenvalue weighted by atomic mass is 10.1. The van der Waals surface area contributed by atoms with Crippen molar-refractivity contribution in [3.63, 3.8) is 0 Å². The molecule has 1 N–H and O–H groups in total. The topological polar surface area (TPSA) is 29.9 Å². The highest BCUT2D eigenvalue weighted by molar-refractivity contribution is 7.71. The van der Waals surface area contributed by atoms with E-state index in [1.807, 2.05) is 18.2 Å². The zero-order chi connectivity index (χ0) is 14.8. The number of methoxy groups -OCH3 is 1. The molecular weight excluding hydrogens is 280 g/mol. The molecule has 0 aliphatic rings. The van der Waals surface area contributed by atoms with Crippen LogP contribution in [0, 0.1) is 4.77 Å². The van der Waals surface area contributed by atoms with Gasteiger partial charge in [-0.15, -0.1) is 0 Å². The van der Waals surface area contributed by atoms with E-state index in [1.165, 1.54) is 11.1 Å². The van der Waals surface area contributed by atoms with Crippen LogP contribution in [0.3, 0.4) is 0 Å². The maximum atomic E-state index is 5.45. The minimum Gasteiger partial charge on any atom is -0.497 e. The molecule has 3 aromatic rings. The van der Waals surface area contributed by atoms with E-state index in [4.69, 9.17) is 17.0 Å². The van der Waals surface area contributed by atoms with Crippen LogP contribution in [0.4, 0.5) is 0 Å². The van der Waals surface area contributed by atoms with Crippen LogP contribution in [0.15, 0.2) is 42.5 Å². The van der Waals surface area contributed by atoms with E-state index in [2.05, 4.69) is 40.7 Å². The summed E-state index contributed by atoms with van der Waals surface area (Å²) < 4.78 is 8.10. The monoisotopic (exact) mass is 298 g/mol. The fourth-order valence-electron chi connectivity index (χ4n) is 2.49. The van der Waals surface area contributed by atoms with Crippen molar-refractivity contribution in [2.75, 3.05) is 7.11 Å². The Morgan fingerprint density at radius 1 is 1.10 bits per heavy atom. The van der Waals surface area contributed by atoms with Gasteiger partial charge in [-0.2, -0.15) is 0 Å². The number of aromatic amines is 1. The zero-order valence-electron chi connectivity index (χ0n) is 12.2. The summed E-state index contributed by atoms with van der Waals surface area (Å²) in [6.45, 7) is 2.94. The Morgan fingerprint density at radius 3 is 2.48 bits per heavy atom. The van der Waals surface area contributed by atoms with Crippen molar-refractivity contribution in [3.8, 4) is 5.75 Å². The van der Waals surface area contributed by atoms with E-state index in [0.29, 0.717) is 0 Å². The van der Waals surface area contributed by atoms with Crippen LogP contribution in [-0.4, -0.2) is 16.7 Å². The average Bonchev–Trinajstić information content (AvgIpc) is 2.83. The fraction of sp³-hybridized carbons (Fsp3) is 0.235. The largest absolute Gasteiger partial charge is 0.497 e. The van der Waals surface area contributed by atoms with Gasteiger partial charge in [0.15, 0.2) is 4.77 Å². The molecule has 0 fully saturated rings. The maximum absolute atomic E-state index is 5.45. The quantitative estimate of drug-likeness (QED) is 0.727. The Morgan fingerprint density at radius 2 is 1.81 bits per heavy atom. The molecule has 0 saturated carbocycles. The van der Waals surface area contributed by atoms with Gasteiger partial charge in [0.1, 0.15) is 5.75 Å². The summed E-state index contributed by atoms with van der Waals surface area (Å²) in [5.74, 6) is 0.832. The van der Waals surface area contributed by atoms with Gasteiger partial charge in [0.25, 0.3) is 0 Å². The third kappa shape index (κ3) is 2.72. The number of ether oxygens (including phenoxy) is 1. The highest BCUT2D eigenvalue weighted by Gasteiger charge is 2.06. The summed E-state index contributed by atoms with van der Waals surface area (Å²) in [5.41, 5.74) is 4.70. The van der Waals surface area contributed by atoms with Gasteiger partial charge in [-0.25, -0.2) is 0 Å². The number of H-pyrrole nitrogens is 1. The Kier molecular flexibility index (Phi) is 3.80. The molecule has 0 aliphatic heterocycles. The lowest BCUT2D eigenvalue weighted by Crippen LogP contribution is -1.99. The summed E-state index contributed by atoms with van der Waals surface area (Å²) in [6, 6.07) is 14.7. The summed E-state index contributed by atoms with van der Waals surface area (Å²) >= 11 is 5.45. The van der Waals surface area contributed by atoms with Crippen LogP contribution in [0.2, 0.25) is 0 Å². The van der Waals surface area contributed by atoms with Gasteiger partial charge < -0.3 is 14.3 Å². The fourth-order valence-corrected chi connectivity index (χ4v) is 2.76. The van der Waals surface area contributed by atoms with Crippen molar-refractivity contribution in [1.82, 2.24) is 9.55 Å². The molecule has 21 heavy (non-hydrogen) atoms. The minimum atomic E-state index is 0.734. The summed E-state index contributed by atoms with van der Waals surface area (Å²) in [4.78, 5) is 3.24. The van der Waals surface area contributed by atoms with Gasteiger partial charge in [0, 0.05) is 6.07 Å². The Labute approximate surface area is 129 Å². The number of aryl methyl sites for hydroxylation is 1. The second kappa shape index (κ2) is 5.74. The number of hydrogen-bond donors (Lipinski definition) is 1. The number of nitrogens with one attached hydrogen (secondary N) is 1. The number of nitrogens with zero attached hydrogens (tertiary/aromatic N) is 1. The third-order valence-corrected chi connectivity index (χ3v) is 4.08. The maximum Gasteiger partial charge on any atom is 0.178 e. The molecule has 0 aliphatic carbocycles. The highest BCUT2D eigenvalue weighted by atomic mass is 32.1. The molecular formula is C17H18N2OS. The number of hydrogen-bond acceptors (Lipinski definition) is 2. The zero-order valence-corrected chi connectivity index (χ0v) is 13.0. The van der Waals surface area contributed by atoms with Crippen LogP contribution in [0.1, 0.15) is 18.1 Å². The lowest BCUT2D eigenvalue weighted by Gasteiger charge is -2.06. The molecule has 4 heteroatoms. The number of aromatic nitrogens is 2. The van der Waals surface area contributed by atoms with Crippen molar-refractivity contribution < 1.29 is 4.74 Å². The van der Waals surface area contributed by atoms with Gasteiger partial charge in [-0.1, -0.05) is 31.2 Å². The molecule has 108 valence electrons. The molecule has 0 radical (unpaired) electrons. The van der Waals surface area contributed by atoms with Gasteiger partial charge in [0.2, 0.25) is 0 Å². The first-order valence-electron chi connectivity index (χ1n) is 7.05. The number of rotatable bonds is 4. The second-order valence-corrected chi connectivity index (χ2v) is 5.46. The van der Waals surface area contributed by atoms with Gasteiger partial charge in [-0.05, 0) is 41.9 Å². The molecule has 0 unspecified atom stereocenters. The first-order valence-corrected chi connectivity index (χ1v) is 7.46. The molecule has 0 spiro atoms. The summed E-state index contributed by atoms with van der Waals surface area (Å²) in [7, 11) is 1.67. The van der Waals surface area contributed by atoms with Crippen LogP contribution < -0.4 is 4.74 Å². The third-order valence-electron chi connectivity index (χ3n) is 3.75. The lowest BCUT2D eigenvalue weighted by molar-refractivity contribution is 0.415. The van der Waals surface area contributed by atoms with Gasteiger partial charge in [-0.3, -0.25) is 0 Å². The number of benzene rings is 2. The average molecular weight is 298 g/mol. The smallest absolute Gasteiger partial charge is 0.178 e. The molecule has 2 aromatic carbocycles. The number of fused-ring (bicyclic) bond motifs is 1. The summed E-state index contributed by atoms with van der Waals surface area (Å²) in [5, 5.41) is 0. The van der Waals surface area contributed by atoms with E-state index in [-0.39, 0.29) is 0 Å². The first kappa shape index (κ1) is 13.9. The van der Waals surface area contributed by atoms with Crippen molar-refractivity contribution in [1.29, 1.82) is 0 Å². The van der Waals surface area contributed by atoms with Crippen LogP contribution in [-0.2, 0) is 13.0 Å². The van der Waals surface area contributed by atoms with Crippen LogP contribution in [0.5, 0.6) is 5.75 Å². The molecule has 3 rings (SSSR count). The standard InChI is InChI=1S/C17H18N2OS/c1-3-12-4-6-13(7-5-12)11-19-16-9-8-14(20-2)10-15(16)18-17(19)21/h4-10H,3,11H2,1-2H3,(H,18,21). The van der Waals surface area contributed by atoms with E-state index in [1.54, 1.807) is 7.11 Å². The Bertz CT molecular complexity index is 815. The van der Waals surface area contributed by atoms with Gasteiger partial charge >= 0.3 is 0 Å². The minimum absolute atomic E-state index is 0.734. The molecule has 1 heterocycles. The van der Waals surface area contributed by atoms with Crippen molar-refractivity contribution in [3.05, 3.63) is 58.4 Å². The van der Waals surface area contributed by atoms with Crippen molar-refractivity contribution in [2.24, 2.45) is 0 Å². The molecule has 3 nitrogen and oxygen atoms in total. The summed E-state index contributed by atoms with van der Waals surface area (Å²) in [6.07, 6.45) is 1.06. The predicted molar refractivity (Wildman–Crippen MR) is 88.6 cm³/mol. The van der Waals surface area contributed by atoms with Crippen molar-refractivity contribution in [2.45, 2.75) is 19.9 Å². The van der Waals surface area contributed by atoms with Gasteiger partial charge in [0.05, 0.1) is 24.7 Å². The molecule has 0 bridgehead atoms. The van der Waals surface area contributed by atoms with E-state index in [9.17, 15) is 0 Å². The Hall–Kier alpha value is -2.07. The van der Waals surface area contributed by atoms with E-state index in [0.717, 1.165) is 34.5 Å². The molecule has 0 atom stereocenters. The SMILES string of the molecule is CCc1ccc(Cn2c(=S)[nH]c3cc(OC)ccc32)cc1. The highest BCUT2D eigenvalue weighted by Crippen LogP contribution is 2.21. The second-order valence-electron chi connectivity index (χ2n) is 5.07.